The van der Waals surface area contributed by atoms with Gasteiger partial charge in [0, 0.05) is 6.04 Å². The Hall–Kier alpha value is -0.300. The van der Waals surface area contributed by atoms with Crippen molar-refractivity contribution in [3.05, 3.63) is 12.7 Å². The van der Waals surface area contributed by atoms with Crippen LogP contribution in [0.4, 0.5) is 0 Å². The highest BCUT2D eigenvalue weighted by molar-refractivity contribution is 4.69. The lowest BCUT2D eigenvalue weighted by Gasteiger charge is -2.24. The quantitative estimate of drug-likeness (QED) is 0.123. The van der Waals surface area contributed by atoms with Gasteiger partial charge < -0.3 is 4.90 Å². The zero-order valence-corrected chi connectivity index (χ0v) is 20.2. The molecule has 0 aliphatic heterocycles. The smallest absolute Gasteiger partial charge is 0.00891 e. The fourth-order valence-electron chi connectivity index (χ4n) is 4.26. The number of hydrogen-bond acceptors (Lipinski definition) is 1. The molecule has 0 aromatic rings. The number of allylic oxidation sites excluding steroid dienone is 1. The van der Waals surface area contributed by atoms with E-state index in [1.807, 2.05) is 0 Å². The van der Waals surface area contributed by atoms with Gasteiger partial charge in [-0.15, -0.1) is 6.58 Å². The molecule has 0 saturated carbocycles. The summed E-state index contributed by atoms with van der Waals surface area (Å²) in [7, 11) is 4.53. The zero-order valence-electron chi connectivity index (χ0n) is 20.2. The Morgan fingerprint density at radius 2 is 0.929 bits per heavy atom. The molecule has 0 spiro atoms. The third kappa shape index (κ3) is 20.4. The van der Waals surface area contributed by atoms with Crippen molar-refractivity contribution in [3.63, 3.8) is 0 Å². The van der Waals surface area contributed by atoms with E-state index in [-0.39, 0.29) is 0 Å². The molecule has 1 unspecified atom stereocenters. The molecule has 1 atom stereocenters. The number of rotatable bonds is 23. The molecule has 1 nitrogen and oxygen atoms in total. The van der Waals surface area contributed by atoms with Crippen LogP contribution in [0, 0.1) is 0 Å². The van der Waals surface area contributed by atoms with Gasteiger partial charge in [0.25, 0.3) is 0 Å². The summed E-state index contributed by atoms with van der Waals surface area (Å²) >= 11 is 0. The summed E-state index contributed by atoms with van der Waals surface area (Å²) in [6.07, 6.45) is 31.9. The normalized spacial score (nSPS) is 12.6. The number of hydrogen-bond donors (Lipinski definition) is 0. The second-order valence-electron chi connectivity index (χ2n) is 9.28. The van der Waals surface area contributed by atoms with Crippen LogP contribution in [0.25, 0.3) is 0 Å². The molecule has 0 amide bonds. The molecule has 0 aromatic heterocycles. The summed E-state index contributed by atoms with van der Waals surface area (Å²) < 4.78 is 0. The second-order valence-corrected chi connectivity index (χ2v) is 9.28. The van der Waals surface area contributed by atoms with E-state index in [2.05, 4.69) is 38.6 Å². The summed E-state index contributed by atoms with van der Waals surface area (Å²) in [5, 5.41) is 0. The monoisotopic (exact) mass is 393 g/mol. The average Bonchev–Trinajstić information content (AvgIpc) is 2.68. The van der Waals surface area contributed by atoms with Gasteiger partial charge in [-0.05, 0) is 39.8 Å². The van der Waals surface area contributed by atoms with Crippen molar-refractivity contribution in [3.8, 4) is 0 Å². The fourth-order valence-corrected chi connectivity index (χ4v) is 4.26. The Kier molecular flexibility index (Phi) is 22.7. The largest absolute Gasteiger partial charge is 0.306 e. The first-order valence-corrected chi connectivity index (χ1v) is 13.0. The Morgan fingerprint density at radius 1 is 0.571 bits per heavy atom. The standard InChI is InChI=1S/C27H55N/c1-5-7-9-11-12-13-14-15-16-17-18-19-20-22-24-26-27(28(3)4)25-23-21-10-8-6-2/h6,27H,2,5,7-26H2,1,3-4H3. The minimum atomic E-state index is 0.797. The fraction of sp³-hybridized carbons (Fsp3) is 0.926. The van der Waals surface area contributed by atoms with Crippen LogP contribution >= 0.6 is 0 Å². The SMILES string of the molecule is C=CCCCCCC(CCCCCCCCCCCCCCCCC)N(C)C. The Balaban J connectivity index is 3.34. The molecular weight excluding hydrogens is 338 g/mol. The van der Waals surface area contributed by atoms with Gasteiger partial charge in [0.05, 0.1) is 0 Å². The van der Waals surface area contributed by atoms with Crippen molar-refractivity contribution in [1.29, 1.82) is 0 Å². The topological polar surface area (TPSA) is 3.24 Å². The van der Waals surface area contributed by atoms with Crippen LogP contribution < -0.4 is 0 Å². The first kappa shape index (κ1) is 27.7. The molecule has 0 rings (SSSR count). The molecule has 0 heterocycles. The lowest BCUT2D eigenvalue weighted by Crippen LogP contribution is -2.27. The van der Waals surface area contributed by atoms with Gasteiger partial charge >= 0.3 is 0 Å². The molecule has 0 saturated heterocycles. The van der Waals surface area contributed by atoms with Gasteiger partial charge in [0.1, 0.15) is 0 Å². The maximum absolute atomic E-state index is 3.82. The summed E-state index contributed by atoms with van der Waals surface area (Å²) in [6.45, 7) is 6.12. The molecule has 168 valence electrons. The van der Waals surface area contributed by atoms with E-state index in [9.17, 15) is 0 Å². The number of unbranched alkanes of at least 4 members (excludes halogenated alkanes) is 17. The Bertz CT molecular complexity index is 297. The summed E-state index contributed by atoms with van der Waals surface area (Å²) in [4.78, 5) is 2.46. The lowest BCUT2D eigenvalue weighted by atomic mass is 9.99. The lowest BCUT2D eigenvalue weighted by molar-refractivity contribution is 0.251. The van der Waals surface area contributed by atoms with Crippen molar-refractivity contribution >= 4 is 0 Å². The van der Waals surface area contributed by atoms with Crippen LogP contribution in [0.15, 0.2) is 12.7 Å². The van der Waals surface area contributed by atoms with Gasteiger partial charge in [-0.3, -0.25) is 0 Å². The minimum absolute atomic E-state index is 0.797. The molecule has 0 aliphatic carbocycles. The van der Waals surface area contributed by atoms with Crippen molar-refractivity contribution in [2.24, 2.45) is 0 Å². The molecule has 0 bridgehead atoms. The van der Waals surface area contributed by atoms with E-state index in [0.717, 1.165) is 6.04 Å². The maximum atomic E-state index is 3.82. The molecule has 0 fully saturated rings. The third-order valence-corrected chi connectivity index (χ3v) is 6.32. The maximum Gasteiger partial charge on any atom is 0.00891 e. The first-order chi connectivity index (χ1) is 13.7. The molecule has 0 N–H and O–H groups in total. The van der Waals surface area contributed by atoms with Gasteiger partial charge in [-0.1, -0.05) is 122 Å². The number of nitrogens with zero attached hydrogens (tertiary/aromatic N) is 1. The second kappa shape index (κ2) is 23.0. The van der Waals surface area contributed by atoms with Gasteiger partial charge in [0.2, 0.25) is 0 Å². The van der Waals surface area contributed by atoms with Crippen molar-refractivity contribution in [2.45, 2.75) is 148 Å². The van der Waals surface area contributed by atoms with Crippen LogP contribution in [0.1, 0.15) is 142 Å². The summed E-state index contributed by atoms with van der Waals surface area (Å²) in [5.74, 6) is 0. The highest BCUT2D eigenvalue weighted by atomic mass is 15.1. The molecule has 0 radical (unpaired) electrons. The zero-order chi connectivity index (χ0) is 20.7. The summed E-state index contributed by atoms with van der Waals surface area (Å²) in [6, 6.07) is 0.797. The third-order valence-electron chi connectivity index (χ3n) is 6.32. The highest BCUT2D eigenvalue weighted by Gasteiger charge is 2.10. The highest BCUT2D eigenvalue weighted by Crippen LogP contribution is 2.17. The summed E-state index contributed by atoms with van der Waals surface area (Å²) in [5.41, 5.74) is 0. The van der Waals surface area contributed by atoms with Crippen LogP contribution in [-0.4, -0.2) is 25.0 Å². The van der Waals surface area contributed by atoms with Crippen LogP contribution in [-0.2, 0) is 0 Å². The van der Waals surface area contributed by atoms with Gasteiger partial charge in [-0.25, -0.2) is 0 Å². The van der Waals surface area contributed by atoms with E-state index in [1.165, 1.54) is 135 Å². The van der Waals surface area contributed by atoms with Crippen molar-refractivity contribution in [1.82, 2.24) is 4.90 Å². The van der Waals surface area contributed by atoms with Crippen LogP contribution in [0.5, 0.6) is 0 Å². The Morgan fingerprint density at radius 3 is 1.29 bits per heavy atom. The van der Waals surface area contributed by atoms with Crippen LogP contribution in [0.2, 0.25) is 0 Å². The van der Waals surface area contributed by atoms with E-state index in [4.69, 9.17) is 0 Å². The van der Waals surface area contributed by atoms with Crippen molar-refractivity contribution in [2.75, 3.05) is 14.1 Å². The average molecular weight is 394 g/mol. The minimum Gasteiger partial charge on any atom is -0.306 e. The van der Waals surface area contributed by atoms with E-state index < -0.39 is 0 Å². The van der Waals surface area contributed by atoms with Gasteiger partial charge in [0.15, 0.2) is 0 Å². The molecule has 0 aliphatic rings. The van der Waals surface area contributed by atoms with E-state index in [0.29, 0.717) is 0 Å². The molecule has 0 aromatic carbocycles. The first-order valence-electron chi connectivity index (χ1n) is 13.0. The van der Waals surface area contributed by atoms with E-state index >= 15 is 0 Å². The van der Waals surface area contributed by atoms with E-state index in [1.54, 1.807) is 0 Å². The molecule has 28 heavy (non-hydrogen) atoms. The van der Waals surface area contributed by atoms with Crippen LogP contribution in [0.3, 0.4) is 0 Å². The molecule has 1 heteroatoms. The predicted molar refractivity (Wildman–Crippen MR) is 130 cm³/mol. The molecular formula is C27H55N. The van der Waals surface area contributed by atoms with Gasteiger partial charge in [-0.2, -0.15) is 0 Å². The Labute approximate surface area is 179 Å². The predicted octanol–water partition coefficient (Wildman–Crippen LogP) is 9.31. The van der Waals surface area contributed by atoms with Crippen molar-refractivity contribution < 1.29 is 0 Å².